The lowest BCUT2D eigenvalue weighted by Gasteiger charge is -2.36. The number of ether oxygens (including phenoxy) is 1. The van der Waals surface area contributed by atoms with Gasteiger partial charge >= 0.3 is 0 Å². The molecule has 1 amide bonds. The smallest absolute Gasteiger partial charge is 0.243 e. The molecule has 4 nitrogen and oxygen atoms in total. The third kappa shape index (κ3) is 3.06. The number of nitrogens with zero attached hydrogens (tertiary/aromatic N) is 2. The van der Waals surface area contributed by atoms with Crippen molar-refractivity contribution in [3.05, 3.63) is 34.6 Å². The molecule has 1 saturated carbocycles. The van der Waals surface area contributed by atoms with Crippen molar-refractivity contribution in [2.75, 3.05) is 19.7 Å². The van der Waals surface area contributed by atoms with Crippen LogP contribution in [0.5, 0.6) is 0 Å². The maximum absolute atomic E-state index is 13.3. The molecule has 3 rings (SSSR count). The summed E-state index contributed by atoms with van der Waals surface area (Å²) in [6.45, 7) is 1.24. The molecule has 1 aliphatic carbocycles. The van der Waals surface area contributed by atoms with Gasteiger partial charge in [0.25, 0.3) is 0 Å². The quantitative estimate of drug-likeness (QED) is 0.831. The second kappa shape index (κ2) is 6.46. The normalized spacial score (nSPS) is 23.5. The minimum absolute atomic E-state index is 0.0406. The third-order valence-corrected chi connectivity index (χ3v) is 5.04. The van der Waals surface area contributed by atoms with Gasteiger partial charge in [0, 0.05) is 6.54 Å². The van der Waals surface area contributed by atoms with Crippen molar-refractivity contribution >= 4 is 17.5 Å². The van der Waals surface area contributed by atoms with Gasteiger partial charge in [0.05, 0.1) is 24.2 Å². The zero-order chi connectivity index (χ0) is 16.4. The molecule has 1 heterocycles. The van der Waals surface area contributed by atoms with Crippen LogP contribution < -0.4 is 0 Å². The van der Waals surface area contributed by atoms with Crippen LogP contribution >= 0.6 is 11.6 Å². The maximum atomic E-state index is 13.3. The summed E-state index contributed by atoms with van der Waals surface area (Å²) < 4.78 is 19.0. The van der Waals surface area contributed by atoms with Gasteiger partial charge in [0.2, 0.25) is 5.91 Å². The molecule has 0 spiro atoms. The first-order valence-electron chi connectivity index (χ1n) is 7.83. The molecule has 0 bridgehead atoms. The van der Waals surface area contributed by atoms with Gasteiger partial charge < -0.3 is 9.64 Å². The first-order chi connectivity index (χ1) is 11.1. The molecule has 0 unspecified atom stereocenters. The van der Waals surface area contributed by atoms with E-state index in [9.17, 15) is 14.4 Å². The molecule has 2 aliphatic rings. The summed E-state index contributed by atoms with van der Waals surface area (Å²) >= 11 is 5.83. The van der Waals surface area contributed by atoms with E-state index in [1.54, 1.807) is 11.0 Å². The lowest BCUT2D eigenvalue weighted by molar-refractivity contribution is -0.146. The van der Waals surface area contributed by atoms with Gasteiger partial charge in [0.15, 0.2) is 0 Å². The highest BCUT2D eigenvalue weighted by Gasteiger charge is 2.45. The standard InChI is InChI=1S/C17H18ClFN2O2/c18-13-9-12(3-4-14(13)19)15-10-21(7-8-23-15)16(22)17(11-20)5-1-2-6-17/h3-4,9,15H,1-2,5-8,10H2/t15-/m1/s1. The van der Waals surface area contributed by atoms with Crippen LogP contribution in [0.4, 0.5) is 4.39 Å². The van der Waals surface area contributed by atoms with Gasteiger partial charge in [-0.3, -0.25) is 4.79 Å². The van der Waals surface area contributed by atoms with E-state index in [0.29, 0.717) is 32.5 Å². The Bertz CT molecular complexity index is 652. The summed E-state index contributed by atoms with van der Waals surface area (Å²) in [6, 6.07) is 6.70. The number of carbonyl (C=O) groups is 1. The summed E-state index contributed by atoms with van der Waals surface area (Å²) in [6.07, 6.45) is 2.75. The summed E-state index contributed by atoms with van der Waals surface area (Å²) in [5.74, 6) is -0.576. The molecule has 2 fully saturated rings. The van der Waals surface area contributed by atoms with E-state index in [1.807, 2.05) is 0 Å². The fourth-order valence-electron chi connectivity index (χ4n) is 3.40. The Morgan fingerprint density at radius 2 is 2.17 bits per heavy atom. The molecule has 1 aromatic carbocycles. The van der Waals surface area contributed by atoms with E-state index in [1.165, 1.54) is 12.1 Å². The predicted molar refractivity (Wildman–Crippen MR) is 83.2 cm³/mol. The molecule has 1 saturated heterocycles. The van der Waals surface area contributed by atoms with Crippen LogP contribution in [-0.4, -0.2) is 30.5 Å². The molecule has 6 heteroatoms. The lowest BCUT2D eigenvalue weighted by Crippen LogP contribution is -2.48. The number of benzene rings is 1. The maximum Gasteiger partial charge on any atom is 0.243 e. The Kier molecular flexibility index (Phi) is 4.56. The minimum Gasteiger partial charge on any atom is -0.370 e. The second-order valence-corrected chi connectivity index (χ2v) is 6.59. The number of nitriles is 1. The van der Waals surface area contributed by atoms with Gasteiger partial charge in [-0.25, -0.2) is 4.39 Å². The first kappa shape index (κ1) is 16.2. The number of rotatable bonds is 2. The Labute approximate surface area is 139 Å². The summed E-state index contributed by atoms with van der Waals surface area (Å²) in [7, 11) is 0. The van der Waals surface area contributed by atoms with Crippen LogP contribution in [0, 0.1) is 22.6 Å². The molecule has 0 radical (unpaired) electrons. The van der Waals surface area contributed by atoms with Gasteiger partial charge in [-0.05, 0) is 30.5 Å². The molecule has 23 heavy (non-hydrogen) atoms. The topological polar surface area (TPSA) is 53.3 Å². The minimum atomic E-state index is -0.873. The van der Waals surface area contributed by atoms with Gasteiger partial charge in [0.1, 0.15) is 17.3 Å². The van der Waals surface area contributed by atoms with Crippen molar-refractivity contribution < 1.29 is 13.9 Å². The van der Waals surface area contributed by atoms with Crippen LogP contribution in [-0.2, 0) is 9.53 Å². The van der Waals surface area contributed by atoms with E-state index in [2.05, 4.69) is 6.07 Å². The highest BCUT2D eigenvalue weighted by atomic mass is 35.5. The van der Waals surface area contributed by atoms with Gasteiger partial charge in [-0.2, -0.15) is 5.26 Å². The Morgan fingerprint density at radius 3 is 2.83 bits per heavy atom. The van der Waals surface area contributed by atoms with Crippen LogP contribution in [0.15, 0.2) is 18.2 Å². The number of amides is 1. The fraction of sp³-hybridized carbons (Fsp3) is 0.529. The van der Waals surface area contributed by atoms with Gasteiger partial charge in [-0.15, -0.1) is 0 Å². The average Bonchev–Trinajstić information content (AvgIpc) is 3.07. The number of morpholine rings is 1. The SMILES string of the molecule is N#CC1(C(=O)N2CCO[C@@H](c3ccc(F)c(Cl)c3)C2)CCCC1. The van der Waals surface area contributed by atoms with Crippen LogP contribution in [0.2, 0.25) is 5.02 Å². The van der Waals surface area contributed by atoms with Crippen LogP contribution in [0.1, 0.15) is 37.4 Å². The predicted octanol–water partition coefficient (Wildman–Crippen LogP) is 3.46. The van der Waals surface area contributed by atoms with E-state index in [0.717, 1.165) is 18.4 Å². The molecule has 1 aliphatic heterocycles. The van der Waals surface area contributed by atoms with Crippen molar-refractivity contribution in [3.63, 3.8) is 0 Å². The fourth-order valence-corrected chi connectivity index (χ4v) is 3.59. The van der Waals surface area contributed by atoms with E-state index >= 15 is 0 Å². The highest BCUT2D eigenvalue weighted by molar-refractivity contribution is 6.30. The van der Waals surface area contributed by atoms with Crippen LogP contribution in [0.25, 0.3) is 0 Å². The number of halogens is 2. The summed E-state index contributed by atoms with van der Waals surface area (Å²) in [4.78, 5) is 14.5. The van der Waals surface area contributed by atoms with Crippen molar-refractivity contribution in [2.45, 2.75) is 31.8 Å². The van der Waals surface area contributed by atoms with Gasteiger partial charge in [-0.1, -0.05) is 30.5 Å². The van der Waals surface area contributed by atoms with E-state index in [4.69, 9.17) is 16.3 Å². The lowest BCUT2D eigenvalue weighted by atomic mass is 9.86. The number of hydrogen-bond acceptors (Lipinski definition) is 3. The molecule has 1 aromatic rings. The zero-order valence-corrected chi connectivity index (χ0v) is 13.5. The van der Waals surface area contributed by atoms with Crippen LogP contribution in [0.3, 0.4) is 0 Å². The van der Waals surface area contributed by atoms with Crippen molar-refractivity contribution in [1.29, 1.82) is 5.26 Å². The Hall–Kier alpha value is -1.64. The summed E-state index contributed by atoms with van der Waals surface area (Å²) in [5.41, 5.74) is -0.131. The van der Waals surface area contributed by atoms with Crippen molar-refractivity contribution in [3.8, 4) is 6.07 Å². The number of hydrogen-bond donors (Lipinski definition) is 0. The molecule has 0 N–H and O–H groups in total. The highest BCUT2D eigenvalue weighted by Crippen LogP contribution is 2.40. The first-order valence-corrected chi connectivity index (χ1v) is 8.21. The second-order valence-electron chi connectivity index (χ2n) is 6.19. The molecular weight excluding hydrogens is 319 g/mol. The Balaban J connectivity index is 1.77. The van der Waals surface area contributed by atoms with Crippen molar-refractivity contribution in [1.82, 2.24) is 4.90 Å². The Morgan fingerprint density at radius 1 is 1.43 bits per heavy atom. The van der Waals surface area contributed by atoms with Crippen molar-refractivity contribution in [2.24, 2.45) is 5.41 Å². The average molecular weight is 337 g/mol. The molecule has 122 valence electrons. The summed E-state index contributed by atoms with van der Waals surface area (Å²) in [5, 5.41) is 9.52. The zero-order valence-electron chi connectivity index (χ0n) is 12.7. The molecular formula is C17H18ClFN2O2. The largest absolute Gasteiger partial charge is 0.370 e. The molecule has 1 atom stereocenters. The third-order valence-electron chi connectivity index (χ3n) is 4.75. The van der Waals surface area contributed by atoms with E-state index < -0.39 is 11.2 Å². The van der Waals surface area contributed by atoms with E-state index in [-0.39, 0.29) is 17.0 Å². The monoisotopic (exact) mass is 336 g/mol. The molecule has 0 aromatic heterocycles. The number of carbonyl (C=O) groups excluding carboxylic acids is 1.